The van der Waals surface area contributed by atoms with Gasteiger partial charge in [-0.05, 0) is 97.2 Å². The number of carbonyl (C=O) groups excluding carboxylic acids is 1. The molecule has 212 valence electrons. The molecule has 1 amide bonds. The zero-order valence-electron chi connectivity index (χ0n) is 23.0. The molecule has 1 aromatic heterocycles. The number of aromatic nitrogens is 1. The molecule has 7 nitrogen and oxygen atoms in total. The maximum Gasteiger partial charge on any atom is 0.272 e. The predicted molar refractivity (Wildman–Crippen MR) is 155 cm³/mol. The molecular weight excluding hydrogens is 546 g/mol. The molecule has 1 saturated carbocycles. The Morgan fingerprint density at radius 2 is 2.10 bits per heavy atom. The van der Waals surface area contributed by atoms with Crippen LogP contribution in [0.1, 0.15) is 60.6 Å². The van der Waals surface area contributed by atoms with Crippen molar-refractivity contribution in [1.29, 1.82) is 0 Å². The normalized spacial score (nSPS) is 33.5. The van der Waals surface area contributed by atoms with Crippen molar-refractivity contribution in [1.82, 2.24) is 4.98 Å². The number of carbonyl (C=O) groups is 1. The summed E-state index contributed by atoms with van der Waals surface area (Å²) in [7, 11) is 0.123. The van der Waals surface area contributed by atoms with Gasteiger partial charge in [0.25, 0.3) is 5.91 Å². The molecule has 3 aliphatic carbocycles. The summed E-state index contributed by atoms with van der Waals surface area (Å²) in [6.07, 6.45) is 8.36. The van der Waals surface area contributed by atoms with E-state index in [1.54, 1.807) is 13.2 Å². The Balaban J connectivity index is 1.34. The first kappa shape index (κ1) is 26.5. The van der Waals surface area contributed by atoms with Gasteiger partial charge in [0.2, 0.25) is 0 Å². The van der Waals surface area contributed by atoms with E-state index >= 15 is 0 Å². The monoisotopic (exact) mass is 580 g/mol. The number of halogens is 1. The van der Waals surface area contributed by atoms with Crippen LogP contribution in [0.25, 0.3) is 0 Å². The zero-order valence-corrected chi connectivity index (χ0v) is 24.5. The maximum absolute atomic E-state index is 13.2. The predicted octanol–water partition coefficient (Wildman–Crippen LogP) is 5.89. The summed E-state index contributed by atoms with van der Waals surface area (Å²) in [5.74, 6) is 1.71. The summed E-state index contributed by atoms with van der Waals surface area (Å²) in [6.45, 7) is 4.02. The number of anilines is 1. The van der Waals surface area contributed by atoms with E-state index in [0.29, 0.717) is 30.0 Å². The molecule has 3 heterocycles. The third-order valence-electron chi connectivity index (χ3n) is 10.1. The number of hydrogen-bond donors (Lipinski definition) is 0. The molecule has 9 heteroatoms. The van der Waals surface area contributed by atoms with Crippen LogP contribution in [-0.2, 0) is 31.4 Å². The van der Waals surface area contributed by atoms with Gasteiger partial charge in [0, 0.05) is 30.6 Å². The van der Waals surface area contributed by atoms with E-state index in [1.165, 1.54) is 16.7 Å². The first-order valence-electron chi connectivity index (χ1n) is 14.4. The lowest BCUT2D eigenvalue weighted by atomic mass is 9.64. The van der Waals surface area contributed by atoms with Crippen LogP contribution in [0.2, 0.25) is 5.02 Å². The number of hydrogen-bond acceptors (Lipinski definition) is 7. The summed E-state index contributed by atoms with van der Waals surface area (Å²) >= 11 is 6.40. The average Bonchev–Trinajstić information content (AvgIpc) is 3.06. The summed E-state index contributed by atoms with van der Waals surface area (Å²) < 4.78 is 30.0. The second-order valence-corrected chi connectivity index (χ2v) is 14.1. The van der Waals surface area contributed by atoms with E-state index in [1.807, 2.05) is 19.1 Å². The van der Waals surface area contributed by atoms with Crippen LogP contribution in [0.4, 0.5) is 5.82 Å². The minimum absolute atomic E-state index is 0.0101. The van der Waals surface area contributed by atoms with Gasteiger partial charge in [0.1, 0.15) is 5.69 Å². The van der Waals surface area contributed by atoms with Gasteiger partial charge in [-0.25, -0.2) is 4.98 Å². The van der Waals surface area contributed by atoms with Crippen LogP contribution in [0, 0.1) is 17.8 Å². The second-order valence-electron chi connectivity index (χ2n) is 12.2. The standard InChI is InChI=1S/C31H35ClN3O4S/c1-18-22-8-9-24(22)28(38-2)23-7-5-20(23)15-35-16-31(13-3-4-19-14-21(32)6-10-25(19)31)17-39-27-12-11-26(33-29(27)35)30(36)34-40(18)37/h6,9-12,14,18,20,22-23,28H,3-5,7-8,13,15-17H2,1-2H3/q-1/t18-,20+,22-,23-,28-,31+/m1/s1. The number of fused-ring (bicyclic) bond motifs is 5. The number of amides is 1. The largest absolute Gasteiger partial charge is 0.489 e. The van der Waals surface area contributed by atoms with E-state index in [4.69, 9.17) is 26.1 Å². The first-order chi connectivity index (χ1) is 19.4. The maximum atomic E-state index is 13.2. The van der Waals surface area contributed by atoms with Crippen molar-refractivity contribution < 1.29 is 18.5 Å². The van der Waals surface area contributed by atoms with Crippen molar-refractivity contribution in [3.05, 3.63) is 63.8 Å². The third-order valence-corrected chi connectivity index (χ3v) is 11.6. The van der Waals surface area contributed by atoms with Gasteiger partial charge in [0.05, 0.1) is 12.7 Å². The average molecular weight is 581 g/mol. The summed E-state index contributed by atoms with van der Waals surface area (Å²) in [5.41, 5.74) is 3.81. The molecule has 2 aromatic rings. The van der Waals surface area contributed by atoms with E-state index in [-0.39, 0.29) is 28.4 Å². The van der Waals surface area contributed by atoms with Crippen LogP contribution in [0.15, 0.2) is 46.3 Å². The minimum Gasteiger partial charge on any atom is -0.489 e. The molecule has 1 fully saturated rings. The van der Waals surface area contributed by atoms with Crippen molar-refractivity contribution in [3.8, 4) is 5.75 Å². The van der Waals surface area contributed by atoms with Crippen molar-refractivity contribution in [3.63, 3.8) is 0 Å². The topological polar surface area (TPSA) is 81.1 Å². The lowest BCUT2D eigenvalue weighted by molar-refractivity contribution is -0.00244. The molecule has 0 unspecified atom stereocenters. The Bertz CT molecular complexity index is 1490. The van der Waals surface area contributed by atoms with Gasteiger partial charge >= 0.3 is 0 Å². The number of rotatable bonds is 1. The Hall–Kier alpha value is -2.42. The minimum atomic E-state index is -1.67. The molecule has 7 rings (SSSR count). The smallest absolute Gasteiger partial charge is 0.272 e. The highest BCUT2D eigenvalue weighted by Crippen LogP contribution is 2.49. The fraction of sp³-hybridized carbons (Fsp3) is 0.548. The van der Waals surface area contributed by atoms with Crippen LogP contribution < -0.4 is 9.64 Å². The molecule has 6 atom stereocenters. The van der Waals surface area contributed by atoms with E-state index in [9.17, 15) is 9.00 Å². The number of nitrogens with zero attached hydrogens (tertiary/aromatic N) is 3. The molecular formula is C31H35ClN3O4S-. The van der Waals surface area contributed by atoms with Crippen molar-refractivity contribution in [2.75, 3.05) is 31.7 Å². The SMILES string of the molecule is CO[C@H]1C2=CC[C@@H]2[C@@H](C)[S-](=O)=NC(=O)c2ccc3c(n2)N(C[C@@H]2CC[C@H]21)C[C@@]1(CCCc2cc(Cl)ccc21)CO3. The molecule has 2 aliphatic heterocycles. The Kier molecular flexibility index (Phi) is 6.71. The van der Waals surface area contributed by atoms with Gasteiger partial charge in [0.15, 0.2) is 11.6 Å². The van der Waals surface area contributed by atoms with E-state index in [0.717, 1.165) is 56.6 Å². The number of ether oxygens (including phenoxy) is 2. The van der Waals surface area contributed by atoms with Gasteiger partial charge in [-0.3, -0.25) is 4.79 Å². The van der Waals surface area contributed by atoms with Crippen molar-refractivity contribution >= 4 is 33.9 Å². The molecule has 2 bridgehead atoms. The van der Waals surface area contributed by atoms with Crippen LogP contribution >= 0.6 is 11.6 Å². The van der Waals surface area contributed by atoms with Gasteiger partial charge in [-0.2, -0.15) is 10.6 Å². The first-order valence-corrected chi connectivity index (χ1v) is 16.0. The molecule has 0 N–H and O–H groups in total. The molecule has 40 heavy (non-hydrogen) atoms. The molecule has 1 aromatic carbocycles. The van der Waals surface area contributed by atoms with E-state index < -0.39 is 16.5 Å². The molecule has 0 saturated heterocycles. The third kappa shape index (κ3) is 4.29. The Labute approximate surface area is 242 Å². The second kappa shape index (κ2) is 10.1. The van der Waals surface area contributed by atoms with E-state index in [2.05, 4.69) is 27.5 Å². The van der Waals surface area contributed by atoms with Gasteiger partial charge in [-0.1, -0.05) is 35.9 Å². The highest BCUT2D eigenvalue weighted by Gasteiger charge is 2.46. The number of pyridine rings is 1. The number of allylic oxidation sites excluding steroid dienone is 1. The van der Waals surface area contributed by atoms with Crippen molar-refractivity contribution in [2.45, 2.75) is 62.2 Å². The summed E-state index contributed by atoms with van der Waals surface area (Å²) in [5, 5.41) is 0.502. The molecule has 5 aliphatic rings. The molecule has 1 spiro atoms. The van der Waals surface area contributed by atoms with Gasteiger partial charge < -0.3 is 22.9 Å². The lowest BCUT2D eigenvalue weighted by Gasteiger charge is -2.49. The number of benzene rings is 1. The summed E-state index contributed by atoms with van der Waals surface area (Å²) in [6, 6.07) is 9.76. The zero-order chi connectivity index (χ0) is 27.6. The number of aryl methyl sites for hydroxylation is 1. The Morgan fingerprint density at radius 3 is 2.85 bits per heavy atom. The highest BCUT2D eigenvalue weighted by atomic mass is 35.5. The van der Waals surface area contributed by atoms with Crippen molar-refractivity contribution in [2.24, 2.45) is 22.1 Å². The van der Waals surface area contributed by atoms with Crippen LogP contribution in [0.5, 0.6) is 5.75 Å². The highest BCUT2D eigenvalue weighted by molar-refractivity contribution is 7.75. The Morgan fingerprint density at radius 1 is 1.23 bits per heavy atom. The summed E-state index contributed by atoms with van der Waals surface area (Å²) in [4.78, 5) is 20.4. The van der Waals surface area contributed by atoms with Crippen LogP contribution in [0.3, 0.4) is 0 Å². The molecule has 0 radical (unpaired) electrons. The fourth-order valence-corrected chi connectivity index (χ4v) is 8.86. The van der Waals surface area contributed by atoms with Crippen LogP contribution in [-0.4, -0.2) is 49.1 Å². The fourth-order valence-electron chi connectivity index (χ4n) is 7.69. The number of methoxy groups -OCH3 is 1. The lowest BCUT2D eigenvalue weighted by Crippen LogP contribution is -2.51. The quantitative estimate of drug-likeness (QED) is 0.309. The van der Waals surface area contributed by atoms with Gasteiger partial charge in [-0.15, -0.1) is 0 Å².